The van der Waals surface area contributed by atoms with E-state index < -0.39 is 0 Å². The van der Waals surface area contributed by atoms with Crippen LogP contribution in [0.1, 0.15) is 35.6 Å². The van der Waals surface area contributed by atoms with Gasteiger partial charge in [-0.05, 0) is 60.8 Å². The molecule has 1 aliphatic rings. The maximum absolute atomic E-state index is 5.46. The van der Waals surface area contributed by atoms with Crippen LogP contribution in [0.15, 0.2) is 72.0 Å². The molecule has 174 valence electrons. The Labute approximate surface area is 196 Å². The van der Waals surface area contributed by atoms with Crippen molar-refractivity contribution in [2.45, 2.75) is 32.0 Å². The summed E-state index contributed by atoms with van der Waals surface area (Å²) >= 11 is 0. The number of likely N-dealkylation sites (tertiary alicyclic amines) is 1. The number of benzene rings is 2. The summed E-state index contributed by atoms with van der Waals surface area (Å²) < 4.78 is 7.40. The first-order chi connectivity index (χ1) is 16.2. The minimum atomic E-state index is 0.276. The van der Waals surface area contributed by atoms with Crippen molar-refractivity contribution in [2.24, 2.45) is 4.99 Å². The van der Waals surface area contributed by atoms with E-state index in [-0.39, 0.29) is 6.04 Å². The molecule has 0 saturated carbocycles. The summed E-state index contributed by atoms with van der Waals surface area (Å²) in [6.45, 7) is 4.51. The number of ether oxygens (including phenoxy) is 1. The minimum Gasteiger partial charge on any atom is -0.497 e. The van der Waals surface area contributed by atoms with E-state index in [2.05, 4.69) is 68.1 Å². The van der Waals surface area contributed by atoms with E-state index in [1.54, 1.807) is 7.11 Å². The summed E-state index contributed by atoms with van der Waals surface area (Å²) in [6.07, 6.45) is 6.29. The van der Waals surface area contributed by atoms with Crippen molar-refractivity contribution in [3.05, 3.63) is 83.7 Å². The van der Waals surface area contributed by atoms with Crippen LogP contribution in [-0.4, -0.2) is 54.4 Å². The van der Waals surface area contributed by atoms with Gasteiger partial charge < -0.3 is 15.4 Å². The lowest BCUT2D eigenvalue weighted by Gasteiger charge is -2.29. The lowest BCUT2D eigenvalue weighted by Crippen LogP contribution is -2.42. The van der Waals surface area contributed by atoms with E-state index in [1.165, 1.54) is 29.5 Å². The number of hydrogen-bond acceptors (Lipinski definition) is 4. The van der Waals surface area contributed by atoms with E-state index in [0.29, 0.717) is 6.54 Å². The smallest absolute Gasteiger partial charge is 0.191 e. The first-order valence-corrected chi connectivity index (χ1v) is 11.6. The third kappa shape index (κ3) is 6.35. The highest BCUT2D eigenvalue weighted by molar-refractivity contribution is 5.79. The number of hydrogen-bond donors (Lipinski definition) is 2. The minimum absolute atomic E-state index is 0.276. The molecular weight excluding hydrogens is 412 g/mol. The topological polar surface area (TPSA) is 66.7 Å². The second-order valence-corrected chi connectivity index (χ2v) is 8.37. The molecule has 0 bridgehead atoms. The van der Waals surface area contributed by atoms with Gasteiger partial charge in [-0.2, -0.15) is 5.10 Å². The molecule has 1 saturated heterocycles. The monoisotopic (exact) mass is 446 g/mol. The Morgan fingerprint density at radius 1 is 1.06 bits per heavy atom. The van der Waals surface area contributed by atoms with Crippen molar-refractivity contribution in [1.29, 1.82) is 0 Å². The zero-order valence-corrected chi connectivity index (χ0v) is 19.6. The number of nitrogens with zero attached hydrogens (tertiary/aromatic N) is 4. The molecule has 4 rings (SSSR count). The molecule has 1 aliphatic heterocycles. The molecule has 0 amide bonds. The molecule has 7 heteroatoms. The fraction of sp³-hybridized carbons (Fsp3) is 0.385. The number of methoxy groups -OCH3 is 1. The van der Waals surface area contributed by atoms with Gasteiger partial charge >= 0.3 is 0 Å². The zero-order chi connectivity index (χ0) is 22.9. The fourth-order valence-electron chi connectivity index (χ4n) is 4.38. The molecule has 1 atom stereocenters. The molecule has 2 N–H and O–H groups in total. The molecule has 0 spiro atoms. The van der Waals surface area contributed by atoms with Gasteiger partial charge in [0.15, 0.2) is 5.96 Å². The molecule has 1 aromatic heterocycles. The summed E-state index contributed by atoms with van der Waals surface area (Å²) in [4.78, 5) is 7.00. The molecule has 2 heterocycles. The first kappa shape index (κ1) is 22.9. The Morgan fingerprint density at radius 2 is 1.88 bits per heavy atom. The van der Waals surface area contributed by atoms with Gasteiger partial charge in [-0.3, -0.25) is 14.6 Å². The third-order valence-electron chi connectivity index (χ3n) is 6.10. The second-order valence-electron chi connectivity index (χ2n) is 8.37. The highest BCUT2D eigenvalue weighted by Crippen LogP contribution is 2.27. The lowest BCUT2D eigenvalue weighted by atomic mass is 10.1. The van der Waals surface area contributed by atoms with Gasteiger partial charge in [0, 0.05) is 32.5 Å². The third-order valence-corrected chi connectivity index (χ3v) is 6.10. The van der Waals surface area contributed by atoms with Crippen LogP contribution in [0.4, 0.5) is 0 Å². The summed E-state index contributed by atoms with van der Waals surface area (Å²) in [5, 5.41) is 11.3. The van der Waals surface area contributed by atoms with Gasteiger partial charge in [-0.1, -0.05) is 36.4 Å². The quantitative estimate of drug-likeness (QED) is 0.389. The van der Waals surface area contributed by atoms with Gasteiger partial charge in [-0.15, -0.1) is 0 Å². The average Bonchev–Trinajstić information content (AvgIpc) is 3.56. The van der Waals surface area contributed by atoms with Crippen molar-refractivity contribution in [1.82, 2.24) is 25.3 Å². The van der Waals surface area contributed by atoms with E-state index in [1.807, 2.05) is 36.3 Å². The molecule has 1 fully saturated rings. The van der Waals surface area contributed by atoms with Crippen molar-refractivity contribution >= 4 is 5.96 Å². The Balaban J connectivity index is 1.36. The standard InChI is InChI=1S/C26H34N6O/c1-27-26(28-18-21-8-5-9-22(16-21)20-32-15-7-12-30-32)29-19-25(31-13-3-4-14-31)23-10-6-11-24(17-23)33-2/h5-12,15-17,25H,3-4,13-14,18-20H2,1-2H3,(H2,27,28,29). The fourth-order valence-corrected chi connectivity index (χ4v) is 4.38. The van der Waals surface area contributed by atoms with E-state index in [0.717, 1.165) is 37.9 Å². The number of aromatic nitrogens is 2. The number of aliphatic imine (C=N–C) groups is 1. The van der Waals surface area contributed by atoms with E-state index >= 15 is 0 Å². The van der Waals surface area contributed by atoms with Crippen LogP contribution in [0.3, 0.4) is 0 Å². The summed E-state index contributed by atoms with van der Waals surface area (Å²) in [6, 6.07) is 19.2. The normalized spacial score (nSPS) is 15.4. The number of guanidine groups is 1. The Kier molecular flexibility index (Phi) is 7.98. The maximum atomic E-state index is 5.46. The predicted octanol–water partition coefficient (Wildman–Crippen LogP) is 3.44. The van der Waals surface area contributed by atoms with Crippen molar-refractivity contribution in [3.63, 3.8) is 0 Å². The summed E-state index contributed by atoms with van der Waals surface area (Å²) in [5.74, 6) is 1.70. The SMILES string of the molecule is CN=C(NCc1cccc(Cn2cccn2)c1)NCC(c1cccc(OC)c1)N1CCCC1. The number of nitrogens with one attached hydrogen (secondary N) is 2. The molecule has 33 heavy (non-hydrogen) atoms. The van der Waals surface area contributed by atoms with E-state index in [9.17, 15) is 0 Å². The molecule has 2 aromatic carbocycles. The van der Waals surface area contributed by atoms with Crippen LogP contribution in [0, 0.1) is 0 Å². The molecule has 7 nitrogen and oxygen atoms in total. The van der Waals surface area contributed by atoms with Crippen LogP contribution in [0.25, 0.3) is 0 Å². The van der Waals surface area contributed by atoms with Gasteiger partial charge in [0.1, 0.15) is 5.75 Å². The highest BCUT2D eigenvalue weighted by atomic mass is 16.5. The van der Waals surface area contributed by atoms with Crippen LogP contribution in [-0.2, 0) is 13.1 Å². The first-order valence-electron chi connectivity index (χ1n) is 11.6. The van der Waals surface area contributed by atoms with Gasteiger partial charge in [0.05, 0.1) is 19.7 Å². The molecule has 0 aliphatic carbocycles. The predicted molar refractivity (Wildman–Crippen MR) is 133 cm³/mol. The van der Waals surface area contributed by atoms with Crippen molar-refractivity contribution in [2.75, 3.05) is 33.8 Å². The zero-order valence-electron chi connectivity index (χ0n) is 19.6. The highest BCUT2D eigenvalue weighted by Gasteiger charge is 2.24. The lowest BCUT2D eigenvalue weighted by molar-refractivity contribution is 0.245. The second kappa shape index (κ2) is 11.5. The van der Waals surface area contributed by atoms with Crippen LogP contribution >= 0.6 is 0 Å². The Hall–Kier alpha value is -3.32. The van der Waals surface area contributed by atoms with Gasteiger partial charge in [0.2, 0.25) is 0 Å². The van der Waals surface area contributed by atoms with Crippen LogP contribution < -0.4 is 15.4 Å². The van der Waals surface area contributed by atoms with Gasteiger partial charge in [-0.25, -0.2) is 0 Å². The number of rotatable bonds is 9. The Morgan fingerprint density at radius 3 is 2.64 bits per heavy atom. The molecule has 0 radical (unpaired) electrons. The van der Waals surface area contributed by atoms with E-state index in [4.69, 9.17) is 4.74 Å². The average molecular weight is 447 g/mol. The Bertz CT molecular complexity index is 1030. The summed E-state index contributed by atoms with van der Waals surface area (Å²) in [5.41, 5.74) is 3.71. The molecule has 1 unspecified atom stereocenters. The largest absolute Gasteiger partial charge is 0.497 e. The van der Waals surface area contributed by atoms with Gasteiger partial charge in [0.25, 0.3) is 0 Å². The van der Waals surface area contributed by atoms with Crippen LogP contribution in [0.5, 0.6) is 5.75 Å². The molecular formula is C26H34N6O. The summed E-state index contributed by atoms with van der Waals surface area (Å²) in [7, 11) is 3.54. The van der Waals surface area contributed by atoms with Crippen molar-refractivity contribution in [3.8, 4) is 5.75 Å². The van der Waals surface area contributed by atoms with Crippen LogP contribution in [0.2, 0.25) is 0 Å². The van der Waals surface area contributed by atoms with Crippen molar-refractivity contribution < 1.29 is 4.74 Å². The maximum Gasteiger partial charge on any atom is 0.191 e. The molecule has 3 aromatic rings.